The Morgan fingerprint density at radius 3 is 1.14 bits per heavy atom. The predicted molar refractivity (Wildman–Crippen MR) is 73.8 cm³/mol. The van der Waals surface area contributed by atoms with Crippen LogP contribution in [0.1, 0.15) is 13.8 Å². The minimum absolute atomic E-state index is 0.421. The molecule has 4 heteroatoms. The molecule has 0 radical (unpaired) electrons. The first-order valence-corrected chi connectivity index (χ1v) is 13.8. The molecule has 2 atom stereocenters. The van der Waals surface area contributed by atoms with Crippen molar-refractivity contribution in [3.63, 3.8) is 0 Å². The molecule has 0 aliphatic carbocycles. The summed E-state index contributed by atoms with van der Waals surface area (Å²) in [5, 5.41) is 0. The fourth-order valence-electron chi connectivity index (χ4n) is 1.00. The lowest BCUT2D eigenvalue weighted by molar-refractivity contribution is 0.679. The van der Waals surface area contributed by atoms with Gasteiger partial charge in [-0.1, -0.05) is 53.1 Å². The fraction of sp³-hybridized carbons (Fsp3) is 1.00. The third-order valence-corrected chi connectivity index (χ3v) is 15.0. The summed E-state index contributed by atoms with van der Waals surface area (Å²) in [6.07, 6.45) is 0. The molecule has 14 heavy (non-hydrogen) atoms. The third-order valence-electron chi connectivity index (χ3n) is 3.14. The lowest BCUT2D eigenvalue weighted by Gasteiger charge is -2.32. The van der Waals surface area contributed by atoms with Gasteiger partial charge in [-0.15, -0.1) is 0 Å². The third kappa shape index (κ3) is 3.99. The molecule has 0 rings (SSSR count). The molecule has 0 aromatic rings. The fourth-order valence-corrected chi connectivity index (χ4v) is 8.82. The SMILES string of the molecule is CC(S(=O)C(C)[Si](C)(C)C)[Si](C)(C)C. The van der Waals surface area contributed by atoms with Crippen LogP contribution in [-0.4, -0.2) is 30.1 Å². The molecule has 0 heterocycles. The Balaban J connectivity index is 4.65. The molecule has 0 spiro atoms. The van der Waals surface area contributed by atoms with Crippen LogP contribution in [0.25, 0.3) is 0 Å². The van der Waals surface area contributed by atoms with Crippen molar-refractivity contribution in [2.75, 3.05) is 0 Å². The van der Waals surface area contributed by atoms with Gasteiger partial charge in [-0.25, -0.2) is 0 Å². The van der Waals surface area contributed by atoms with Gasteiger partial charge in [0.25, 0.3) is 0 Å². The van der Waals surface area contributed by atoms with Crippen LogP contribution >= 0.6 is 0 Å². The minimum atomic E-state index is -1.24. The Kier molecular flexibility index (Phi) is 4.81. The van der Waals surface area contributed by atoms with Gasteiger partial charge in [0, 0.05) is 20.5 Å². The standard InChI is InChI=1S/C10H26OSSi2/c1-9(13(3,4)5)12(11)10(2)14(6,7)8/h9-10H,1-8H3. The molecule has 2 unspecified atom stereocenters. The van der Waals surface area contributed by atoms with Crippen molar-refractivity contribution < 1.29 is 4.21 Å². The minimum Gasteiger partial charge on any atom is -0.260 e. The van der Waals surface area contributed by atoms with Crippen LogP contribution in [0, 0.1) is 0 Å². The Hall–Kier alpha value is 0.584. The van der Waals surface area contributed by atoms with Crippen molar-refractivity contribution in [2.45, 2.75) is 62.9 Å². The van der Waals surface area contributed by atoms with E-state index >= 15 is 0 Å². The average Bonchev–Trinajstić information content (AvgIpc) is 1.97. The quantitative estimate of drug-likeness (QED) is 0.700. The van der Waals surface area contributed by atoms with Gasteiger partial charge in [0.05, 0.1) is 16.1 Å². The summed E-state index contributed by atoms with van der Waals surface area (Å²) in [5.41, 5.74) is 0. The van der Waals surface area contributed by atoms with E-state index in [2.05, 4.69) is 53.1 Å². The number of hydrogen-bond acceptors (Lipinski definition) is 1. The van der Waals surface area contributed by atoms with Crippen LogP contribution in [-0.2, 0) is 10.8 Å². The van der Waals surface area contributed by atoms with Crippen LogP contribution in [0.4, 0.5) is 0 Å². The number of hydrogen-bond donors (Lipinski definition) is 0. The molecule has 0 saturated carbocycles. The van der Waals surface area contributed by atoms with E-state index in [-0.39, 0.29) is 0 Å². The lowest BCUT2D eigenvalue weighted by Crippen LogP contribution is -2.48. The molecular formula is C10H26OSSi2. The van der Waals surface area contributed by atoms with Gasteiger partial charge in [0.2, 0.25) is 0 Å². The van der Waals surface area contributed by atoms with Crippen LogP contribution in [0.15, 0.2) is 0 Å². The molecule has 0 amide bonds. The topological polar surface area (TPSA) is 17.1 Å². The number of rotatable bonds is 4. The van der Waals surface area contributed by atoms with E-state index in [4.69, 9.17) is 0 Å². The van der Waals surface area contributed by atoms with Crippen molar-refractivity contribution in [1.82, 2.24) is 0 Å². The van der Waals surface area contributed by atoms with E-state index in [1.807, 2.05) is 0 Å². The zero-order valence-electron chi connectivity index (χ0n) is 11.0. The van der Waals surface area contributed by atoms with Gasteiger partial charge in [0.15, 0.2) is 0 Å². The normalized spacial score (nSPS) is 20.3. The first-order valence-electron chi connectivity index (χ1n) is 5.37. The van der Waals surface area contributed by atoms with E-state index in [9.17, 15) is 4.21 Å². The Labute approximate surface area is 94.2 Å². The Bertz CT molecular complexity index is 193. The second kappa shape index (κ2) is 4.62. The highest BCUT2D eigenvalue weighted by Crippen LogP contribution is 2.21. The molecule has 1 nitrogen and oxygen atoms in total. The molecule has 0 bridgehead atoms. The maximum atomic E-state index is 12.3. The molecule has 0 aliphatic rings. The van der Waals surface area contributed by atoms with Crippen LogP contribution in [0.2, 0.25) is 39.3 Å². The highest BCUT2D eigenvalue weighted by atomic mass is 32.2. The van der Waals surface area contributed by atoms with Gasteiger partial charge in [-0.2, -0.15) is 0 Å². The summed E-state index contributed by atoms with van der Waals surface area (Å²) in [6, 6.07) is 0. The van der Waals surface area contributed by atoms with Crippen molar-refractivity contribution in [1.29, 1.82) is 0 Å². The molecule has 86 valence electrons. The first-order chi connectivity index (χ1) is 5.98. The maximum Gasteiger partial charge on any atom is 0.0616 e. The largest absolute Gasteiger partial charge is 0.260 e. The summed E-state index contributed by atoms with van der Waals surface area (Å²) in [4.78, 5) is 0.841. The van der Waals surface area contributed by atoms with Crippen molar-refractivity contribution in [3.8, 4) is 0 Å². The molecule has 0 aliphatic heterocycles. The smallest absolute Gasteiger partial charge is 0.0616 e. The summed E-state index contributed by atoms with van der Waals surface area (Å²) in [7, 11) is -3.11. The first kappa shape index (κ1) is 14.6. The average molecular weight is 251 g/mol. The van der Waals surface area contributed by atoms with E-state index in [1.165, 1.54) is 0 Å². The molecular weight excluding hydrogens is 224 g/mol. The summed E-state index contributed by atoms with van der Waals surface area (Å²) < 4.78 is 12.3. The van der Waals surface area contributed by atoms with Gasteiger partial charge >= 0.3 is 0 Å². The Morgan fingerprint density at radius 1 is 0.786 bits per heavy atom. The van der Waals surface area contributed by atoms with Crippen molar-refractivity contribution in [3.05, 3.63) is 0 Å². The van der Waals surface area contributed by atoms with E-state index in [0.29, 0.717) is 9.75 Å². The molecule has 0 aromatic heterocycles. The Morgan fingerprint density at radius 2 is 1.00 bits per heavy atom. The monoisotopic (exact) mass is 250 g/mol. The highest BCUT2D eigenvalue weighted by Gasteiger charge is 2.35. The predicted octanol–water partition coefficient (Wildman–Crippen LogP) is 3.27. The maximum absolute atomic E-state index is 12.3. The summed E-state index contributed by atoms with van der Waals surface area (Å²) in [5.74, 6) is 0. The zero-order valence-corrected chi connectivity index (χ0v) is 13.8. The lowest BCUT2D eigenvalue weighted by atomic mass is 10.9. The van der Waals surface area contributed by atoms with Crippen molar-refractivity contribution in [2.24, 2.45) is 0 Å². The zero-order chi connectivity index (χ0) is 11.7. The van der Waals surface area contributed by atoms with Crippen LogP contribution in [0.5, 0.6) is 0 Å². The molecule has 0 fully saturated rings. The van der Waals surface area contributed by atoms with Gasteiger partial charge in [-0.3, -0.25) is 4.21 Å². The second-order valence-corrected chi connectivity index (χ2v) is 20.4. The molecule has 0 saturated heterocycles. The highest BCUT2D eigenvalue weighted by molar-refractivity contribution is 7.90. The van der Waals surface area contributed by atoms with Crippen LogP contribution < -0.4 is 0 Å². The van der Waals surface area contributed by atoms with E-state index in [1.54, 1.807) is 0 Å². The van der Waals surface area contributed by atoms with Gasteiger partial charge in [0.1, 0.15) is 0 Å². The van der Waals surface area contributed by atoms with Crippen LogP contribution in [0.3, 0.4) is 0 Å². The summed E-state index contributed by atoms with van der Waals surface area (Å²) in [6.45, 7) is 18.2. The van der Waals surface area contributed by atoms with E-state index in [0.717, 1.165) is 0 Å². The molecule has 0 N–H and O–H groups in total. The second-order valence-electron chi connectivity index (χ2n) is 6.35. The van der Waals surface area contributed by atoms with Crippen molar-refractivity contribution >= 4 is 26.9 Å². The van der Waals surface area contributed by atoms with Gasteiger partial charge in [-0.05, 0) is 0 Å². The van der Waals surface area contributed by atoms with E-state index < -0.39 is 26.9 Å². The van der Waals surface area contributed by atoms with Gasteiger partial charge < -0.3 is 0 Å². The molecule has 0 aromatic carbocycles. The summed E-state index contributed by atoms with van der Waals surface area (Å²) >= 11 is 0.